The summed E-state index contributed by atoms with van der Waals surface area (Å²) in [4.78, 5) is 11.0. The normalized spacial score (nSPS) is 16.2. The summed E-state index contributed by atoms with van der Waals surface area (Å²) < 4.78 is 4.97. The molecule has 0 aromatic heterocycles. The number of ether oxygens (including phenoxy) is 1. The molecular formula is C11H10O2. The molecule has 0 saturated carbocycles. The molecule has 1 heterocycles. The van der Waals surface area contributed by atoms with Crippen LogP contribution in [0.15, 0.2) is 36.1 Å². The number of esters is 1. The lowest BCUT2D eigenvalue weighted by Gasteiger charge is -1.99. The van der Waals surface area contributed by atoms with Crippen molar-refractivity contribution in [3.05, 3.63) is 41.7 Å². The molecule has 2 nitrogen and oxygen atoms in total. The van der Waals surface area contributed by atoms with Crippen molar-refractivity contribution < 1.29 is 9.53 Å². The van der Waals surface area contributed by atoms with Gasteiger partial charge in [0.1, 0.15) is 5.76 Å². The predicted molar refractivity (Wildman–Crippen MR) is 49.7 cm³/mol. The summed E-state index contributed by atoms with van der Waals surface area (Å²) in [6.45, 7) is 1.83. The first-order chi connectivity index (χ1) is 6.27. The SMILES string of the molecule is CC1=C(c2ccccc2)CC(=O)O1. The molecule has 2 heteroatoms. The van der Waals surface area contributed by atoms with Crippen LogP contribution in [-0.2, 0) is 9.53 Å². The number of hydrogen-bond acceptors (Lipinski definition) is 2. The van der Waals surface area contributed by atoms with Crippen LogP contribution in [0.5, 0.6) is 0 Å². The first kappa shape index (κ1) is 8.05. The summed E-state index contributed by atoms with van der Waals surface area (Å²) in [6, 6.07) is 9.84. The van der Waals surface area contributed by atoms with Crippen LogP contribution in [0.1, 0.15) is 18.9 Å². The smallest absolute Gasteiger partial charge is 0.315 e. The van der Waals surface area contributed by atoms with E-state index in [0.29, 0.717) is 6.42 Å². The zero-order valence-corrected chi connectivity index (χ0v) is 7.41. The molecule has 0 radical (unpaired) electrons. The Bertz CT molecular complexity index is 363. The average Bonchev–Trinajstić information content (AvgIpc) is 2.47. The molecular weight excluding hydrogens is 164 g/mol. The zero-order chi connectivity index (χ0) is 9.26. The second kappa shape index (κ2) is 3.05. The molecule has 2 rings (SSSR count). The van der Waals surface area contributed by atoms with Crippen molar-refractivity contribution in [2.75, 3.05) is 0 Å². The summed E-state index contributed by atoms with van der Waals surface area (Å²) >= 11 is 0. The highest BCUT2D eigenvalue weighted by Crippen LogP contribution is 2.28. The van der Waals surface area contributed by atoms with Crippen LogP contribution in [0.2, 0.25) is 0 Å². The standard InChI is InChI=1S/C11H10O2/c1-8-10(7-11(12)13-8)9-5-3-2-4-6-9/h2-6H,7H2,1H3. The van der Waals surface area contributed by atoms with Crippen LogP contribution in [0.3, 0.4) is 0 Å². The molecule has 0 atom stereocenters. The predicted octanol–water partition coefficient (Wildman–Crippen LogP) is 2.36. The molecule has 0 unspecified atom stereocenters. The number of allylic oxidation sites excluding steroid dienone is 1. The number of cyclic esters (lactones) is 1. The van der Waals surface area contributed by atoms with E-state index in [1.54, 1.807) is 0 Å². The Balaban J connectivity index is 2.38. The van der Waals surface area contributed by atoms with Gasteiger partial charge in [0.05, 0.1) is 6.42 Å². The fraction of sp³-hybridized carbons (Fsp3) is 0.182. The third-order valence-electron chi connectivity index (χ3n) is 2.14. The Morgan fingerprint density at radius 3 is 2.46 bits per heavy atom. The monoisotopic (exact) mass is 174 g/mol. The molecule has 0 N–H and O–H groups in total. The highest BCUT2D eigenvalue weighted by Gasteiger charge is 2.21. The van der Waals surface area contributed by atoms with Crippen LogP contribution in [0, 0.1) is 0 Å². The topological polar surface area (TPSA) is 26.3 Å². The maximum absolute atomic E-state index is 11.0. The van der Waals surface area contributed by atoms with E-state index in [0.717, 1.165) is 16.9 Å². The van der Waals surface area contributed by atoms with Gasteiger partial charge in [-0.05, 0) is 12.5 Å². The van der Waals surface area contributed by atoms with E-state index >= 15 is 0 Å². The molecule has 13 heavy (non-hydrogen) atoms. The molecule has 1 aromatic carbocycles. The van der Waals surface area contributed by atoms with Crippen LogP contribution in [0.25, 0.3) is 5.57 Å². The minimum atomic E-state index is -0.156. The van der Waals surface area contributed by atoms with Gasteiger partial charge in [-0.1, -0.05) is 30.3 Å². The van der Waals surface area contributed by atoms with E-state index < -0.39 is 0 Å². The molecule has 1 aliphatic rings. The maximum atomic E-state index is 11.0. The van der Waals surface area contributed by atoms with Crippen molar-refractivity contribution in [1.82, 2.24) is 0 Å². The number of rotatable bonds is 1. The summed E-state index contributed by atoms with van der Waals surface area (Å²) in [7, 11) is 0. The fourth-order valence-electron chi connectivity index (χ4n) is 1.48. The first-order valence-corrected chi connectivity index (χ1v) is 4.23. The van der Waals surface area contributed by atoms with Crippen LogP contribution < -0.4 is 0 Å². The summed E-state index contributed by atoms with van der Waals surface area (Å²) in [5.41, 5.74) is 2.08. The van der Waals surface area contributed by atoms with Crippen LogP contribution >= 0.6 is 0 Å². The number of carbonyl (C=O) groups is 1. The maximum Gasteiger partial charge on any atom is 0.315 e. The largest absolute Gasteiger partial charge is 0.431 e. The van der Waals surface area contributed by atoms with Gasteiger partial charge in [0.25, 0.3) is 0 Å². The van der Waals surface area contributed by atoms with Crippen LogP contribution in [-0.4, -0.2) is 5.97 Å². The summed E-state index contributed by atoms with van der Waals surface area (Å²) in [5.74, 6) is 0.576. The van der Waals surface area contributed by atoms with Crippen molar-refractivity contribution in [1.29, 1.82) is 0 Å². The molecule has 0 bridgehead atoms. The van der Waals surface area contributed by atoms with Crippen molar-refractivity contribution in [3.8, 4) is 0 Å². The number of carbonyl (C=O) groups excluding carboxylic acids is 1. The van der Waals surface area contributed by atoms with Gasteiger partial charge >= 0.3 is 5.97 Å². The Morgan fingerprint density at radius 2 is 1.92 bits per heavy atom. The molecule has 0 fully saturated rings. The number of hydrogen-bond donors (Lipinski definition) is 0. The lowest BCUT2D eigenvalue weighted by molar-refractivity contribution is -0.136. The van der Waals surface area contributed by atoms with Gasteiger partial charge < -0.3 is 4.74 Å². The Morgan fingerprint density at radius 1 is 1.23 bits per heavy atom. The molecule has 0 saturated heterocycles. The van der Waals surface area contributed by atoms with Crippen molar-refractivity contribution >= 4 is 11.5 Å². The minimum absolute atomic E-state index is 0.156. The van der Waals surface area contributed by atoms with E-state index in [-0.39, 0.29) is 5.97 Å². The molecule has 0 spiro atoms. The average molecular weight is 174 g/mol. The van der Waals surface area contributed by atoms with Gasteiger partial charge in [-0.3, -0.25) is 4.79 Å². The van der Waals surface area contributed by atoms with E-state index in [4.69, 9.17) is 4.74 Å². The first-order valence-electron chi connectivity index (χ1n) is 4.23. The summed E-state index contributed by atoms with van der Waals surface area (Å²) in [5, 5.41) is 0. The highest BCUT2D eigenvalue weighted by atomic mass is 16.5. The quantitative estimate of drug-likeness (QED) is 0.611. The minimum Gasteiger partial charge on any atom is -0.431 e. The number of benzene rings is 1. The van der Waals surface area contributed by atoms with Gasteiger partial charge in [0.15, 0.2) is 0 Å². The van der Waals surface area contributed by atoms with E-state index in [9.17, 15) is 4.79 Å². The Kier molecular flexibility index (Phi) is 1.89. The van der Waals surface area contributed by atoms with E-state index in [2.05, 4.69) is 0 Å². The lowest BCUT2D eigenvalue weighted by Crippen LogP contribution is -1.91. The third kappa shape index (κ3) is 1.47. The van der Waals surface area contributed by atoms with Crippen LogP contribution in [0.4, 0.5) is 0 Å². The molecule has 0 amide bonds. The van der Waals surface area contributed by atoms with Crippen molar-refractivity contribution in [2.24, 2.45) is 0 Å². The van der Waals surface area contributed by atoms with E-state index in [1.807, 2.05) is 37.3 Å². The Labute approximate surface area is 76.8 Å². The fourth-order valence-corrected chi connectivity index (χ4v) is 1.48. The summed E-state index contributed by atoms with van der Waals surface area (Å²) in [6.07, 6.45) is 0.399. The van der Waals surface area contributed by atoms with Gasteiger partial charge in [0, 0.05) is 5.57 Å². The van der Waals surface area contributed by atoms with Gasteiger partial charge in [-0.25, -0.2) is 0 Å². The Hall–Kier alpha value is -1.57. The van der Waals surface area contributed by atoms with E-state index in [1.165, 1.54) is 0 Å². The second-order valence-corrected chi connectivity index (χ2v) is 3.05. The zero-order valence-electron chi connectivity index (χ0n) is 7.41. The molecule has 66 valence electrons. The van der Waals surface area contributed by atoms with Gasteiger partial charge in [-0.15, -0.1) is 0 Å². The van der Waals surface area contributed by atoms with Crippen molar-refractivity contribution in [3.63, 3.8) is 0 Å². The lowest BCUT2D eigenvalue weighted by atomic mass is 10.0. The van der Waals surface area contributed by atoms with Gasteiger partial charge in [0.2, 0.25) is 0 Å². The highest BCUT2D eigenvalue weighted by molar-refractivity contribution is 5.91. The molecule has 0 aliphatic carbocycles. The molecule has 1 aromatic rings. The molecule has 1 aliphatic heterocycles. The van der Waals surface area contributed by atoms with Gasteiger partial charge in [-0.2, -0.15) is 0 Å². The van der Waals surface area contributed by atoms with Crippen molar-refractivity contribution in [2.45, 2.75) is 13.3 Å². The third-order valence-corrected chi connectivity index (χ3v) is 2.14. The second-order valence-electron chi connectivity index (χ2n) is 3.05.